The first kappa shape index (κ1) is 29.0. The highest BCUT2D eigenvalue weighted by atomic mass is 32.2. The van der Waals surface area contributed by atoms with E-state index in [4.69, 9.17) is 9.15 Å². The maximum Gasteiger partial charge on any atom is 0.414 e. The minimum Gasteiger partial charge on any atom is -0.422 e. The zero-order valence-corrected chi connectivity index (χ0v) is 22.7. The van der Waals surface area contributed by atoms with Gasteiger partial charge in [0, 0.05) is 64.2 Å². The van der Waals surface area contributed by atoms with Crippen LogP contribution >= 0.6 is 0 Å². The van der Waals surface area contributed by atoms with Crippen LogP contribution in [0.1, 0.15) is 16.7 Å². The van der Waals surface area contributed by atoms with E-state index in [0.717, 1.165) is 6.54 Å². The van der Waals surface area contributed by atoms with Gasteiger partial charge in [-0.25, -0.2) is 18.7 Å². The van der Waals surface area contributed by atoms with Crippen LogP contribution in [0.5, 0.6) is 5.75 Å². The average molecular weight is 550 g/mol. The molecule has 38 heavy (non-hydrogen) atoms. The highest BCUT2D eigenvalue weighted by molar-refractivity contribution is 7.90. The lowest BCUT2D eigenvalue weighted by molar-refractivity contribution is 0.172. The Labute approximate surface area is 220 Å². The lowest BCUT2D eigenvalue weighted by atomic mass is 9.97. The van der Waals surface area contributed by atoms with Gasteiger partial charge in [-0.15, -0.1) is 0 Å². The molecule has 1 amide bonds. The van der Waals surface area contributed by atoms with Crippen LogP contribution in [0.4, 0.5) is 14.9 Å². The Morgan fingerprint density at radius 2 is 1.84 bits per heavy atom. The molecule has 11 nitrogen and oxygen atoms in total. The summed E-state index contributed by atoms with van der Waals surface area (Å²) < 4.78 is 54.1. The Bertz CT molecular complexity index is 1470. The third kappa shape index (κ3) is 7.28. The fourth-order valence-corrected chi connectivity index (χ4v) is 4.17. The van der Waals surface area contributed by atoms with Crippen LogP contribution in [0.3, 0.4) is 0 Å². The number of benzene rings is 2. The third-order valence-electron chi connectivity index (χ3n) is 5.66. The maximum atomic E-state index is 15.3. The van der Waals surface area contributed by atoms with Crippen molar-refractivity contribution in [2.45, 2.75) is 13.0 Å². The number of amides is 1. The van der Waals surface area contributed by atoms with Crippen LogP contribution < -0.4 is 25.1 Å². The molecule has 3 N–H and O–H groups in total. The number of carbonyl (C=O) groups excluding carboxylic acids is 1. The van der Waals surface area contributed by atoms with E-state index in [9.17, 15) is 18.0 Å². The number of anilines is 1. The van der Waals surface area contributed by atoms with Crippen LogP contribution in [0.15, 0.2) is 45.6 Å². The van der Waals surface area contributed by atoms with Crippen LogP contribution in [-0.2, 0) is 23.2 Å². The van der Waals surface area contributed by atoms with Gasteiger partial charge in [-0.1, -0.05) is 12.1 Å². The van der Waals surface area contributed by atoms with Crippen molar-refractivity contribution in [3.63, 3.8) is 0 Å². The zero-order valence-electron chi connectivity index (χ0n) is 21.9. The summed E-state index contributed by atoms with van der Waals surface area (Å²) in [4.78, 5) is 28.4. The lowest BCUT2D eigenvalue weighted by Gasteiger charge is -2.16. The highest BCUT2D eigenvalue weighted by Crippen LogP contribution is 2.28. The molecule has 1 aromatic heterocycles. The van der Waals surface area contributed by atoms with Crippen molar-refractivity contribution in [2.75, 3.05) is 53.0 Å². The van der Waals surface area contributed by atoms with Gasteiger partial charge >= 0.3 is 11.7 Å². The van der Waals surface area contributed by atoms with Crippen LogP contribution in [0.2, 0.25) is 0 Å². The summed E-state index contributed by atoms with van der Waals surface area (Å²) in [6.45, 7) is 1.67. The molecule has 0 spiro atoms. The van der Waals surface area contributed by atoms with Crippen molar-refractivity contribution in [1.29, 1.82) is 0 Å². The first-order valence-corrected chi connectivity index (χ1v) is 13.2. The molecule has 0 fully saturated rings. The Kier molecular flexibility index (Phi) is 9.44. The van der Waals surface area contributed by atoms with Crippen molar-refractivity contribution in [2.24, 2.45) is 0 Å². The Hall–Kier alpha value is -3.52. The van der Waals surface area contributed by atoms with Crippen molar-refractivity contribution in [3.8, 4) is 5.75 Å². The molecule has 2 aromatic carbocycles. The van der Waals surface area contributed by atoms with Crippen molar-refractivity contribution in [3.05, 3.63) is 69.3 Å². The minimum atomic E-state index is -3.94. The highest BCUT2D eigenvalue weighted by Gasteiger charge is 2.20. The van der Waals surface area contributed by atoms with Gasteiger partial charge in [-0.3, -0.25) is 4.72 Å². The second-order valence-electron chi connectivity index (χ2n) is 9.01. The summed E-state index contributed by atoms with van der Waals surface area (Å²) in [6.07, 6.45) is -0.723. The Balaban J connectivity index is 2.05. The van der Waals surface area contributed by atoms with E-state index in [1.807, 2.05) is 19.0 Å². The van der Waals surface area contributed by atoms with E-state index < -0.39 is 27.7 Å². The summed E-state index contributed by atoms with van der Waals surface area (Å²) in [6, 6.07) is 8.98. The molecule has 1 heterocycles. The van der Waals surface area contributed by atoms with Crippen LogP contribution in [0, 0.1) is 5.82 Å². The first-order chi connectivity index (χ1) is 17.9. The van der Waals surface area contributed by atoms with Gasteiger partial charge in [0.25, 0.3) is 10.2 Å². The van der Waals surface area contributed by atoms with E-state index in [2.05, 4.69) is 14.8 Å². The number of nitrogens with zero attached hydrogens (tertiary/aromatic N) is 2. The van der Waals surface area contributed by atoms with Gasteiger partial charge in [0.05, 0.1) is 5.69 Å². The topological polar surface area (TPSA) is 133 Å². The van der Waals surface area contributed by atoms with Gasteiger partial charge in [0.2, 0.25) is 0 Å². The molecule has 0 unspecified atom stereocenters. The fourth-order valence-electron chi connectivity index (χ4n) is 3.62. The fraction of sp³-hybridized carbons (Fsp3) is 0.360. The van der Waals surface area contributed by atoms with Gasteiger partial charge < -0.3 is 24.3 Å². The summed E-state index contributed by atoms with van der Waals surface area (Å²) >= 11 is 0. The maximum absolute atomic E-state index is 15.3. The molecule has 0 radical (unpaired) electrons. The monoisotopic (exact) mass is 549 g/mol. The van der Waals surface area contributed by atoms with E-state index in [1.54, 1.807) is 26.2 Å². The molecule has 0 aliphatic carbocycles. The molecule has 0 saturated heterocycles. The first-order valence-electron chi connectivity index (χ1n) is 11.7. The molecule has 3 rings (SSSR count). The number of hydrogen-bond acceptors (Lipinski definition) is 8. The van der Waals surface area contributed by atoms with Gasteiger partial charge in [-0.2, -0.15) is 8.42 Å². The molecule has 0 aliphatic heterocycles. The van der Waals surface area contributed by atoms with Gasteiger partial charge in [-0.05, 0) is 43.4 Å². The molecular weight excluding hydrogens is 517 g/mol. The number of rotatable bonds is 11. The second-order valence-corrected chi connectivity index (χ2v) is 10.6. The number of carbonyl (C=O) groups is 1. The summed E-state index contributed by atoms with van der Waals surface area (Å²) in [5, 5.41) is 3.89. The normalized spacial score (nSPS) is 11.7. The number of nitrogens with one attached hydrogen (secondary N) is 3. The minimum absolute atomic E-state index is 0.110. The van der Waals surface area contributed by atoms with E-state index in [0.29, 0.717) is 17.5 Å². The molecule has 0 saturated carbocycles. The molecule has 0 atom stereocenters. The third-order valence-corrected chi connectivity index (χ3v) is 6.68. The smallest absolute Gasteiger partial charge is 0.414 e. The second kappa shape index (κ2) is 12.3. The number of ether oxygens (including phenoxy) is 1. The van der Waals surface area contributed by atoms with Crippen molar-refractivity contribution < 1.29 is 26.8 Å². The molecular formula is C25H32FN5O6S. The number of halogens is 1. The Morgan fingerprint density at radius 1 is 1.11 bits per heavy atom. The van der Waals surface area contributed by atoms with Crippen molar-refractivity contribution in [1.82, 2.24) is 19.8 Å². The summed E-state index contributed by atoms with van der Waals surface area (Å²) in [7, 11) is 4.23. The number of fused-ring (bicyclic) bond motifs is 1. The van der Waals surface area contributed by atoms with Gasteiger partial charge in [0.1, 0.15) is 11.3 Å². The van der Waals surface area contributed by atoms with E-state index >= 15 is 4.39 Å². The number of likely N-dealkylation sites (N-methyl/N-ethyl adjacent to an activating group) is 1. The standard InChI is InChI=1S/C25H32FN5O6S/c1-27-38(34,35)29-21-8-6-7-16(23(21)26)13-19-20(15-28-11-12-30(2)3)18-10-9-17(36-25(33)31(4)5)14-22(18)37-24(19)32/h6-10,14,27-29H,11-13,15H2,1-5H3. The van der Waals surface area contributed by atoms with E-state index in [1.165, 1.54) is 36.2 Å². The van der Waals surface area contributed by atoms with Gasteiger partial charge in [0.15, 0.2) is 5.82 Å². The lowest BCUT2D eigenvalue weighted by Crippen LogP contribution is -2.28. The SMILES string of the molecule is CNS(=O)(=O)Nc1cccc(Cc2c(CNCCN(C)C)c3ccc(OC(=O)N(C)C)cc3oc2=O)c1F. The Morgan fingerprint density at radius 3 is 2.50 bits per heavy atom. The summed E-state index contributed by atoms with van der Waals surface area (Å²) in [5.41, 5.74) is 0.211. The van der Waals surface area contributed by atoms with Crippen molar-refractivity contribution >= 4 is 33.0 Å². The zero-order chi connectivity index (χ0) is 28.0. The average Bonchev–Trinajstić information content (AvgIpc) is 2.85. The molecule has 3 aromatic rings. The summed E-state index contributed by atoms with van der Waals surface area (Å²) in [5.74, 6) is -0.600. The van der Waals surface area contributed by atoms with Crippen LogP contribution in [0.25, 0.3) is 11.0 Å². The quantitative estimate of drug-likeness (QED) is 0.245. The molecule has 0 bridgehead atoms. The van der Waals surface area contributed by atoms with Crippen LogP contribution in [-0.4, -0.2) is 72.6 Å². The molecule has 0 aliphatic rings. The predicted octanol–water partition coefficient (Wildman–Crippen LogP) is 2.11. The van der Waals surface area contributed by atoms with E-state index in [-0.39, 0.29) is 41.1 Å². The molecule has 206 valence electrons. The molecule has 13 heteroatoms. The predicted molar refractivity (Wildman–Crippen MR) is 143 cm³/mol. The number of hydrogen-bond donors (Lipinski definition) is 3. The largest absolute Gasteiger partial charge is 0.422 e.